The van der Waals surface area contributed by atoms with E-state index >= 15 is 0 Å². The van der Waals surface area contributed by atoms with Crippen LogP contribution in [-0.4, -0.2) is 41.0 Å². The van der Waals surface area contributed by atoms with Gasteiger partial charge in [0.25, 0.3) is 0 Å². The zero-order valence-electron chi connectivity index (χ0n) is 9.18. The average molecular weight is 369 g/mol. The SMILES string of the molecule is OC[C@H]1CCN(c2cc(Cl)ncc2I)C[C@@H]1O. The molecule has 1 saturated heterocycles. The smallest absolute Gasteiger partial charge is 0.131 e. The Hall–Kier alpha value is -0.110. The molecule has 1 aliphatic heterocycles. The first kappa shape index (κ1) is 13.3. The molecular formula is C11H14ClIN2O2. The molecule has 0 unspecified atom stereocenters. The Kier molecular flexibility index (Phi) is 4.46. The van der Waals surface area contributed by atoms with Crippen molar-refractivity contribution in [3.8, 4) is 0 Å². The van der Waals surface area contributed by atoms with Crippen LogP contribution < -0.4 is 4.90 Å². The Labute approximate surface area is 119 Å². The third-order valence-electron chi connectivity index (χ3n) is 3.10. The highest BCUT2D eigenvalue weighted by atomic mass is 127. The lowest BCUT2D eigenvalue weighted by Crippen LogP contribution is -2.45. The van der Waals surface area contributed by atoms with E-state index in [1.165, 1.54) is 0 Å². The Bertz CT molecular complexity index is 405. The molecule has 17 heavy (non-hydrogen) atoms. The number of β-amino-alcohol motifs (C(OH)–C–C–N with tert-alkyl or cyclic N) is 1. The summed E-state index contributed by atoms with van der Waals surface area (Å²) in [6.45, 7) is 1.39. The van der Waals surface area contributed by atoms with Crippen LogP contribution in [0.2, 0.25) is 5.15 Å². The van der Waals surface area contributed by atoms with Crippen LogP contribution in [0.5, 0.6) is 0 Å². The number of nitrogens with zero attached hydrogens (tertiary/aromatic N) is 2. The number of aliphatic hydroxyl groups excluding tert-OH is 2. The van der Waals surface area contributed by atoms with Crippen molar-refractivity contribution in [1.82, 2.24) is 4.98 Å². The minimum atomic E-state index is -0.489. The maximum atomic E-state index is 9.91. The van der Waals surface area contributed by atoms with Crippen LogP contribution in [0.15, 0.2) is 12.3 Å². The first-order valence-corrected chi connectivity index (χ1v) is 6.92. The summed E-state index contributed by atoms with van der Waals surface area (Å²) in [5.41, 5.74) is 1.00. The van der Waals surface area contributed by atoms with Crippen molar-refractivity contribution >= 4 is 39.9 Å². The van der Waals surface area contributed by atoms with Crippen LogP contribution in [0.4, 0.5) is 5.69 Å². The standard InChI is InChI=1S/C11H14ClIN2O2/c12-11-3-9(8(13)4-14-11)15-2-1-7(6-16)10(17)5-15/h3-4,7,10,16-17H,1-2,5-6H2/t7-,10+/m1/s1. The molecule has 0 aliphatic carbocycles. The van der Waals surface area contributed by atoms with Crippen molar-refractivity contribution in [2.75, 3.05) is 24.6 Å². The van der Waals surface area contributed by atoms with E-state index in [2.05, 4.69) is 32.5 Å². The van der Waals surface area contributed by atoms with E-state index in [9.17, 15) is 5.11 Å². The van der Waals surface area contributed by atoms with Crippen molar-refractivity contribution in [2.24, 2.45) is 5.92 Å². The fraction of sp³-hybridized carbons (Fsp3) is 0.545. The molecule has 2 atom stereocenters. The number of halogens is 2. The molecule has 94 valence electrons. The summed E-state index contributed by atoms with van der Waals surface area (Å²) < 4.78 is 1.02. The lowest BCUT2D eigenvalue weighted by atomic mass is 9.94. The number of piperidine rings is 1. The maximum absolute atomic E-state index is 9.91. The summed E-state index contributed by atoms with van der Waals surface area (Å²) in [7, 11) is 0. The lowest BCUT2D eigenvalue weighted by Gasteiger charge is -2.37. The molecule has 0 radical (unpaired) electrons. The summed E-state index contributed by atoms with van der Waals surface area (Å²) in [5, 5.41) is 19.5. The summed E-state index contributed by atoms with van der Waals surface area (Å²) >= 11 is 8.09. The van der Waals surface area contributed by atoms with Crippen molar-refractivity contribution in [1.29, 1.82) is 0 Å². The highest BCUT2D eigenvalue weighted by Gasteiger charge is 2.28. The van der Waals surface area contributed by atoms with Crippen molar-refractivity contribution in [3.05, 3.63) is 21.0 Å². The number of aromatic nitrogens is 1. The molecule has 0 amide bonds. The van der Waals surface area contributed by atoms with Crippen molar-refractivity contribution in [3.63, 3.8) is 0 Å². The van der Waals surface area contributed by atoms with Gasteiger partial charge < -0.3 is 15.1 Å². The van der Waals surface area contributed by atoms with E-state index in [0.29, 0.717) is 11.7 Å². The third kappa shape index (κ3) is 3.01. The molecule has 1 fully saturated rings. The molecule has 2 N–H and O–H groups in total. The number of pyridine rings is 1. The van der Waals surface area contributed by atoms with E-state index in [-0.39, 0.29) is 12.5 Å². The van der Waals surface area contributed by atoms with E-state index < -0.39 is 6.10 Å². The molecule has 1 aromatic heterocycles. The monoisotopic (exact) mass is 368 g/mol. The van der Waals surface area contributed by atoms with Gasteiger partial charge in [0.15, 0.2) is 0 Å². The highest BCUT2D eigenvalue weighted by molar-refractivity contribution is 14.1. The fourth-order valence-electron chi connectivity index (χ4n) is 2.06. The Balaban J connectivity index is 2.16. The molecule has 4 nitrogen and oxygen atoms in total. The minimum Gasteiger partial charge on any atom is -0.396 e. The molecular weight excluding hydrogens is 354 g/mol. The van der Waals surface area contributed by atoms with Gasteiger partial charge in [-0.1, -0.05) is 11.6 Å². The minimum absolute atomic E-state index is 0.0128. The number of rotatable bonds is 2. The van der Waals surface area contributed by atoms with Gasteiger partial charge in [0.2, 0.25) is 0 Å². The molecule has 2 rings (SSSR count). The summed E-state index contributed by atoms with van der Waals surface area (Å²) in [5.74, 6) is -0.0128. The predicted molar refractivity (Wildman–Crippen MR) is 75.4 cm³/mol. The van der Waals surface area contributed by atoms with Crippen LogP contribution in [0.3, 0.4) is 0 Å². The topological polar surface area (TPSA) is 56.6 Å². The largest absolute Gasteiger partial charge is 0.396 e. The Morgan fingerprint density at radius 1 is 1.59 bits per heavy atom. The zero-order valence-corrected chi connectivity index (χ0v) is 12.1. The fourth-order valence-corrected chi connectivity index (χ4v) is 2.85. The van der Waals surface area contributed by atoms with Gasteiger partial charge in [-0.05, 0) is 35.1 Å². The van der Waals surface area contributed by atoms with Crippen LogP contribution in [0.25, 0.3) is 0 Å². The number of anilines is 1. The highest BCUT2D eigenvalue weighted by Crippen LogP contribution is 2.28. The molecule has 1 aromatic rings. The van der Waals surface area contributed by atoms with E-state index in [0.717, 1.165) is 22.2 Å². The Morgan fingerprint density at radius 2 is 2.35 bits per heavy atom. The second-order valence-electron chi connectivity index (χ2n) is 4.20. The van der Waals surface area contributed by atoms with Crippen LogP contribution in [0, 0.1) is 9.49 Å². The van der Waals surface area contributed by atoms with Gasteiger partial charge in [0, 0.05) is 31.8 Å². The molecule has 0 bridgehead atoms. The van der Waals surface area contributed by atoms with Crippen LogP contribution in [0.1, 0.15) is 6.42 Å². The molecule has 0 spiro atoms. The normalized spacial score (nSPS) is 25.1. The van der Waals surface area contributed by atoms with Gasteiger partial charge in [0.05, 0.1) is 15.4 Å². The van der Waals surface area contributed by atoms with Crippen LogP contribution >= 0.6 is 34.2 Å². The first-order valence-electron chi connectivity index (χ1n) is 5.46. The molecule has 2 heterocycles. The molecule has 0 saturated carbocycles. The zero-order chi connectivity index (χ0) is 12.4. The molecule has 1 aliphatic rings. The van der Waals surface area contributed by atoms with Gasteiger partial charge in [-0.2, -0.15) is 0 Å². The van der Waals surface area contributed by atoms with E-state index in [4.69, 9.17) is 16.7 Å². The second-order valence-corrected chi connectivity index (χ2v) is 5.75. The second kappa shape index (κ2) is 5.69. The predicted octanol–water partition coefficient (Wildman–Crippen LogP) is 1.52. The molecule has 0 aromatic carbocycles. The molecule has 6 heteroatoms. The first-order chi connectivity index (χ1) is 8.11. The Morgan fingerprint density at radius 3 is 3.00 bits per heavy atom. The van der Waals surface area contributed by atoms with Gasteiger partial charge >= 0.3 is 0 Å². The quantitative estimate of drug-likeness (QED) is 0.614. The maximum Gasteiger partial charge on any atom is 0.131 e. The van der Waals surface area contributed by atoms with Crippen molar-refractivity contribution < 1.29 is 10.2 Å². The third-order valence-corrected chi connectivity index (χ3v) is 4.14. The van der Waals surface area contributed by atoms with Gasteiger partial charge in [-0.25, -0.2) is 4.98 Å². The summed E-state index contributed by atoms with van der Waals surface area (Å²) in [4.78, 5) is 6.10. The van der Waals surface area contributed by atoms with Crippen LogP contribution in [-0.2, 0) is 0 Å². The van der Waals surface area contributed by atoms with Gasteiger partial charge in [-0.3, -0.25) is 0 Å². The van der Waals surface area contributed by atoms with E-state index in [1.54, 1.807) is 6.20 Å². The number of hydrogen-bond acceptors (Lipinski definition) is 4. The lowest BCUT2D eigenvalue weighted by molar-refractivity contribution is 0.0547. The number of aliphatic hydroxyl groups is 2. The van der Waals surface area contributed by atoms with Crippen molar-refractivity contribution in [2.45, 2.75) is 12.5 Å². The van der Waals surface area contributed by atoms with Gasteiger partial charge in [0.1, 0.15) is 5.15 Å². The van der Waals surface area contributed by atoms with E-state index in [1.807, 2.05) is 6.07 Å². The average Bonchev–Trinajstić information content (AvgIpc) is 2.32. The summed E-state index contributed by atoms with van der Waals surface area (Å²) in [6.07, 6.45) is 2.02. The van der Waals surface area contributed by atoms with Gasteiger partial charge in [-0.15, -0.1) is 0 Å². The number of hydrogen-bond donors (Lipinski definition) is 2. The summed E-state index contributed by atoms with van der Waals surface area (Å²) in [6, 6.07) is 1.81.